The molecule has 2 saturated carbocycles. The van der Waals surface area contributed by atoms with E-state index in [1.807, 2.05) is 14.0 Å². The maximum absolute atomic E-state index is 13.8. The number of rotatable bonds is 10. The number of likely N-dealkylation sites (N-methyl/N-ethyl adjacent to an activating group) is 1. The normalized spacial score (nSPS) is 26.2. The maximum atomic E-state index is 13.8. The monoisotopic (exact) mass is 539 g/mol. The van der Waals surface area contributed by atoms with Crippen LogP contribution in [0.15, 0.2) is 12.1 Å². The van der Waals surface area contributed by atoms with Crippen molar-refractivity contribution in [2.24, 2.45) is 23.5 Å². The molecule has 39 heavy (non-hydrogen) atoms. The molecule has 5 atom stereocenters. The minimum Gasteiger partial charge on any atom is -0.371 e. The van der Waals surface area contributed by atoms with Crippen LogP contribution >= 0.6 is 0 Å². The summed E-state index contributed by atoms with van der Waals surface area (Å²) >= 11 is 0. The molecule has 5 N–H and O–H groups in total. The summed E-state index contributed by atoms with van der Waals surface area (Å²) in [6.45, 7) is 7.37. The smallest absolute Gasteiger partial charge is 0.251 e. The average molecular weight is 540 g/mol. The van der Waals surface area contributed by atoms with Crippen molar-refractivity contribution in [2.75, 3.05) is 32.1 Å². The van der Waals surface area contributed by atoms with Crippen LogP contribution in [0.25, 0.3) is 0 Å². The second-order valence-corrected chi connectivity index (χ2v) is 12.8. The number of hydrogen-bond acceptors (Lipinski definition) is 5. The van der Waals surface area contributed by atoms with Crippen LogP contribution in [0.5, 0.6) is 0 Å². The van der Waals surface area contributed by atoms with Crippen molar-refractivity contribution in [3.05, 3.63) is 28.8 Å². The molecule has 1 aromatic carbocycles. The molecule has 4 rings (SSSR count). The number of anilines is 1. The third kappa shape index (κ3) is 6.97. The molecule has 1 saturated heterocycles. The Morgan fingerprint density at radius 3 is 2.41 bits per heavy atom. The van der Waals surface area contributed by atoms with Crippen LogP contribution in [0, 0.1) is 24.7 Å². The number of benzene rings is 1. The molecule has 3 aliphatic rings. The first-order valence-electron chi connectivity index (χ1n) is 15.6. The van der Waals surface area contributed by atoms with Crippen molar-refractivity contribution in [1.82, 2.24) is 16.0 Å². The van der Waals surface area contributed by atoms with E-state index in [2.05, 4.69) is 53.9 Å². The van der Waals surface area contributed by atoms with E-state index in [1.54, 1.807) is 0 Å². The zero-order valence-corrected chi connectivity index (χ0v) is 25.0. The number of piperidine rings is 1. The van der Waals surface area contributed by atoms with Crippen molar-refractivity contribution in [3.63, 3.8) is 0 Å². The van der Waals surface area contributed by atoms with E-state index in [-0.39, 0.29) is 41.7 Å². The quantitative estimate of drug-likeness (QED) is 0.352. The molecule has 1 aromatic rings. The summed E-state index contributed by atoms with van der Waals surface area (Å²) in [6, 6.07) is 5.14. The SMILES string of the molecule is CNCC(c1cc(C(=O)NCC2C(=O)N[C@@H](C)CC2C)c(C)c(N(C)C2CCCC2)c1)C(N)C1CCCCC1. The molecular formula is C32H53N5O2. The molecule has 1 aliphatic heterocycles. The Labute approximate surface area is 236 Å². The summed E-state index contributed by atoms with van der Waals surface area (Å²) in [5.74, 6) is 0.627. The summed E-state index contributed by atoms with van der Waals surface area (Å²) in [5, 5.41) is 9.60. The highest BCUT2D eigenvalue weighted by Gasteiger charge is 2.34. The zero-order chi connectivity index (χ0) is 28.1. The van der Waals surface area contributed by atoms with Gasteiger partial charge in [0, 0.05) is 55.4 Å². The van der Waals surface area contributed by atoms with Gasteiger partial charge in [-0.1, -0.05) is 39.0 Å². The van der Waals surface area contributed by atoms with Crippen molar-refractivity contribution in [3.8, 4) is 0 Å². The third-order valence-corrected chi connectivity index (χ3v) is 10.0. The fourth-order valence-corrected chi connectivity index (χ4v) is 7.55. The molecule has 4 unspecified atom stereocenters. The van der Waals surface area contributed by atoms with Crippen molar-refractivity contribution in [2.45, 2.75) is 109 Å². The first-order valence-corrected chi connectivity index (χ1v) is 15.6. The van der Waals surface area contributed by atoms with Gasteiger partial charge < -0.3 is 26.6 Å². The number of carbonyl (C=O) groups excluding carboxylic acids is 2. The second kappa shape index (κ2) is 13.5. The van der Waals surface area contributed by atoms with Gasteiger partial charge in [-0.2, -0.15) is 0 Å². The molecule has 7 heteroatoms. The van der Waals surface area contributed by atoms with Gasteiger partial charge in [0.05, 0.1) is 5.92 Å². The predicted molar refractivity (Wildman–Crippen MR) is 160 cm³/mol. The van der Waals surface area contributed by atoms with E-state index in [1.165, 1.54) is 57.8 Å². The van der Waals surface area contributed by atoms with Gasteiger partial charge in [-0.15, -0.1) is 0 Å². The van der Waals surface area contributed by atoms with Gasteiger partial charge >= 0.3 is 0 Å². The van der Waals surface area contributed by atoms with Gasteiger partial charge in [0.25, 0.3) is 5.91 Å². The van der Waals surface area contributed by atoms with Gasteiger partial charge in [-0.05, 0) is 88.1 Å². The topological polar surface area (TPSA) is 99.5 Å². The van der Waals surface area contributed by atoms with Crippen LogP contribution in [-0.4, -0.2) is 57.1 Å². The number of hydrogen-bond donors (Lipinski definition) is 4. The van der Waals surface area contributed by atoms with Gasteiger partial charge in [0.15, 0.2) is 0 Å². The second-order valence-electron chi connectivity index (χ2n) is 12.8. The Morgan fingerprint density at radius 1 is 1.10 bits per heavy atom. The summed E-state index contributed by atoms with van der Waals surface area (Å²) in [5.41, 5.74) is 11.0. The van der Waals surface area contributed by atoms with Gasteiger partial charge in [-0.25, -0.2) is 0 Å². The predicted octanol–water partition coefficient (Wildman–Crippen LogP) is 4.47. The largest absolute Gasteiger partial charge is 0.371 e. The molecule has 0 radical (unpaired) electrons. The van der Waals surface area contributed by atoms with Crippen LogP contribution in [0.3, 0.4) is 0 Å². The highest BCUT2D eigenvalue weighted by Crippen LogP contribution is 2.37. The van der Waals surface area contributed by atoms with E-state index in [0.717, 1.165) is 29.8 Å². The minimum atomic E-state index is -0.203. The van der Waals surface area contributed by atoms with Gasteiger partial charge in [0.2, 0.25) is 5.91 Å². The first-order chi connectivity index (χ1) is 18.7. The summed E-state index contributed by atoms with van der Waals surface area (Å²) in [4.78, 5) is 28.9. The molecule has 218 valence electrons. The summed E-state index contributed by atoms with van der Waals surface area (Å²) in [7, 11) is 4.18. The maximum Gasteiger partial charge on any atom is 0.251 e. The Kier molecular flexibility index (Phi) is 10.3. The Bertz CT molecular complexity index is 985. The summed E-state index contributed by atoms with van der Waals surface area (Å²) in [6.07, 6.45) is 12.0. The number of carbonyl (C=O) groups is 2. The van der Waals surface area contributed by atoms with E-state index in [9.17, 15) is 9.59 Å². The zero-order valence-electron chi connectivity index (χ0n) is 25.0. The Hall–Kier alpha value is -2.12. The molecule has 2 amide bonds. The van der Waals surface area contributed by atoms with Crippen LogP contribution < -0.4 is 26.6 Å². The fourth-order valence-electron chi connectivity index (χ4n) is 7.55. The molecule has 7 nitrogen and oxygen atoms in total. The Morgan fingerprint density at radius 2 is 1.77 bits per heavy atom. The standard InChI is InChI=1S/C32H53N5O2/c1-20-15-21(2)36-32(39)27(20)19-35-31(38)26-16-24(17-29(22(26)3)37(5)25-13-9-10-14-25)28(18-34-4)30(33)23-11-7-6-8-12-23/h16-17,20-21,23,25,27-28,30,34H,6-15,18-19,33H2,1-5H3,(H,35,38)(H,36,39)/t20?,21-,27?,28?,30?/m0/s1. The molecular weight excluding hydrogens is 486 g/mol. The molecule has 0 spiro atoms. The van der Waals surface area contributed by atoms with E-state index < -0.39 is 0 Å². The first kappa shape index (κ1) is 29.9. The van der Waals surface area contributed by atoms with E-state index in [4.69, 9.17) is 5.73 Å². The van der Waals surface area contributed by atoms with E-state index in [0.29, 0.717) is 24.1 Å². The summed E-state index contributed by atoms with van der Waals surface area (Å²) < 4.78 is 0. The Balaban J connectivity index is 1.64. The average Bonchev–Trinajstić information content (AvgIpc) is 3.46. The number of nitrogens with one attached hydrogen (secondary N) is 3. The highest BCUT2D eigenvalue weighted by atomic mass is 16.2. The minimum absolute atomic E-state index is 0.0428. The van der Waals surface area contributed by atoms with Crippen molar-refractivity contribution >= 4 is 17.5 Å². The lowest BCUT2D eigenvalue weighted by Crippen LogP contribution is -2.50. The molecule has 2 aliphatic carbocycles. The molecule has 0 bridgehead atoms. The molecule has 0 aromatic heterocycles. The molecule has 3 fully saturated rings. The van der Waals surface area contributed by atoms with Gasteiger partial charge in [-0.3, -0.25) is 9.59 Å². The highest BCUT2D eigenvalue weighted by molar-refractivity contribution is 5.97. The van der Waals surface area contributed by atoms with Crippen LogP contribution in [-0.2, 0) is 4.79 Å². The van der Waals surface area contributed by atoms with Crippen molar-refractivity contribution in [1.29, 1.82) is 0 Å². The lowest BCUT2D eigenvalue weighted by molar-refractivity contribution is -0.129. The number of amides is 2. The van der Waals surface area contributed by atoms with Gasteiger partial charge in [0.1, 0.15) is 0 Å². The van der Waals surface area contributed by atoms with Crippen LogP contribution in [0.1, 0.15) is 105 Å². The molecule has 1 heterocycles. The number of nitrogens with zero attached hydrogens (tertiary/aromatic N) is 1. The van der Waals surface area contributed by atoms with Crippen molar-refractivity contribution < 1.29 is 9.59 Å². The van der Waals surface area contributed by atoms with E-state index >= 15 is 0 Å². The fraction of sp³-hybridized carbons (Fsp3) is 0.750. The number of nitrogens with two attached hydrogens (primary N) is 1. The lowest BCUT2D eigenvalue weighted by atomic mass is 9.76. The third-order valence-electron chi connectivity index (χ3n) is 10.0. The van der Waals surface area contributed by atoms with Crippen LogP contribution in [0.4, 0.5) is 5.69 Å². The lowest BCUT2D eigenvalue weighted by Gasteiger charge is -2.35. The van der Waals surface area contributed by atoms with Crippen LogP contribution in [0.2, 0.25) is 0 Å².